The third kappa shape index (κ3) is 2.88. The van der Waals surface area contributed by atoms with Gasteiger partial charge in [-0.05, 0) is 37.8 Å². The molecule has 1 aliphatic carbocycles. The molecule has 18 heavy (non-hydrogen) atoms. The van der Waals surface area contributed by atoms with Crippen LogP contribution in [0.5, 0.6) is 0 Å². The van der Waals surface area contributed by atoms with Crippen molar-refractivity contribution in [1.82, 2.24) is 5.32 Å². The summed E-state index contributed by atoms with van der Waals surface area (Å²) in [5, 5.41) is 3.04. The molecule has 1 atom stereocenters. The third-order valence-corrected chi connectivity index (χ3v) is 3.88. The van der Waals surface area contributed by atoms with Crippen LogP contribution >= 0.6 is 12.2 Å². The fourth-order valence-electron chi connectivity index (χ4n) is 2.13. The van der Waals surface area contributed by atoms with Crippen molar-refractivity contribution in [2.75, 3.05) is 0 Å². The molecular formula is C14H18N2OS. The van der Waals surface area contributed by atoms with Crippen LogP contribution in [-0.2, 0) is 0 Å². The maximum absolute atomic E-state index is 12.0. The van der Waals surface area contributed by atoms with E-state index in [9.17, 15) is 4.79 Å². The van der Waals surface area contributed by atoms with Gasteiger partial charge in [0, 0.05) is 17.2 Å². The first kappa shape index (κ1) is 13.0. The predicted octanol–water partition coefficient (Wildman–Crippen LogP) is 2.24. The number of hydrogen-bond donors (Lipinski definition) is 2. The van der Waals surface area contributed by atoms with Gasteiger partial charge < -0.3 is 11.1 Å². The molecule has 2 rings (SSSR count). The number of amides is 1. The van der Waals surface area contributed by atoms with Gasteiger partial charge in [-0.1, -0.05) is 30.8 Å². The Balaban J connectivity index is 1.97. The molecule has 1 aromatic carbocycles. The molecule has 0 saturated heterocycles. The van der Waals surface area contributed by atoms with Gasteiger partial charge in [0.25, 0.3) is 5.91 Å². The number of thiocarbonyl (C=S) groups is 1. The number of hydrogen-bond acceptors (Lipinski definition) is 2. The highest BCUT2D eigenvalue weighted by molar-refractivity contribution is 7.80. The van der Waals surface area contributed by atoms with Crippen LogP contribution in [0.4, 0.5) is 0 Å². The molecule has 0 aliphatic heterocycles. The van der Waals surface area contributed by atoms with Gasteiger partial charge in [0.2, 0.25) is 0 Å². The third-order valence-electron chi connectivity index (χ3n) is 3.65. The lowest BCUT2D eigenvalue weighted by molar-refractivity contribution is 0.0909. The second kappa shape index (κ2) is 5.48. The maximum atomic E-state index is 12.0. The summed E-state index contributed by atoms with van der Waals surface area (Å²) in [5.41, 5.74) is 6.96. The quantitative estimate of drug-likeness (QED) is 0.818. The van der Waals surface area contributed by atoms with Crippen molar-refractivity contribution >= 4 is 23.1 Å². The Bertz CT molecular complexity index is 451. The van der Waals surface area contributed by atoms with Gasteiger partial charge in [-0.25, -0.2) is 0 Å². The second-order valence-corrected chi connectivity index (χ2v) is 5.33. The van der Waals surface area contributed by atoms with Crippen molar-refractivity contribution in [3.63, 3.8) is 0 Å². The highest BCUT2D eigenvalue weighted by atomic mass is 32.1. The Morgan fingerprint density at radius 2 is 1.89 bits per heavy atom. The molecule has 0 heterocycles. The average Bonchev–Trinajstić information content (AvgIpc) is 2.26. The predicted molar refractivity (Wildman–Crippen MR) is 76.6 cm³/mol. The summed E-state index contributed by atoms with van der Waals surface area (Å²) < 4.78 is 0. The number of benzene rings is 1. The summed E-state index contributed by atoms with van der Waals surface area (Å²) in [4.78, 5) is 12.4. The zero-order valence-corrected chi connectivity index (χ0v) is 11.3. The largest absolute Gasteiger partial charge is 0.389 e. The van der Waals surface area contributed by atoms with E-state index in [1.165, 1.54) is 19.3 Å². The van der Waals surface area contributed by atoms with E-state index in [-0.39, 0.29) is 11.9 Å². The SMILES string of the molecule is CC(NC(=O)c1ccc(C(N)=S)cc1)C1CCC1. The van der Waals surface area contributed by atoms with Gasteiger partial charge in [-0.15, -0.1) is 0 Å². The van der Waals surface area contributed by atoms with Crippen LogP contribution in [0.1, 0.15) is 42.1 Å². The van der Waals surface area contributed by atoms with E-state index in [0.29, 0.717) is 16.5 Å². The van der Waals surface area contributed by atoms with Crippen molar-refractivity contribution in [1.29, 1.82) is 0 Å². The molecule has 0 aromatic heterocycles. The van der Waals surface area contributed by atoms with E-state index in [4.69, 9.17) is 18.0 Å². The first-order valence-corrected chi connectivity index (χ1v) is 6.69. The molecule has 3 nitrogen and oxygen atoms in total. The van der Waals surface area contributed by atoms with Crippen molar-refractivity contribution in [2.24, 2.45) is 11.7 Å². The van der Waals surface area contributed by atoms with E-state index in [2.05, 4.69) is 12.2 Å². The van der Waals surface area contributed by atoms with Crippen LogP contribution in [0.25, 0.3) is 0 Å². The second-order valence-electron chi connectivity index (χ2n) is 4.89. The highest BCUT2D eigenvalue weighted by Gasteiger charge is 2.25. The summed E-state index contributed by atoms with van der Waals surface area (Å²) in [6.07, 6.45) is 3.73. The molecule has 0 bridgehead atoms. The fourth-order valence-corrected chi connectivity index (χ4v) is 2.27. The zero-order valence-electron chi connectivity index (χ0n) is 10.5. The number of nitrogens with one attached hydrogen (secondary N) is 1. The molecule has 4 heteroatoms. The van der Waals surface area contributed by atoms with Gasteiger partial charge in [0.05, 0.1) is 0 Å². The van der Waals surface area contributed by atoms with Crippen molar-refractivity contribution in [3.05, 3.63) is 35.4 Å². The Labute approximate surface area is 113 Å². The normalized spacial score (nSPS) is 16.7. The molecule has 1 aliphatic rings. The minimum atomic E-state index is -0.0242. The number of carbonyl (C=O) groups excluding carboxylic acids is 1. The number of rotatable bonds is 4. The standard InChI is InChI=1S/C14H18N2OS/c1-9(10-3-2-4-10)16-14(17)12-7-5-11(6-8-12)13(15)18/h5-10H,2-4H2,1H3,(H2,15,18)(H,16,17). The molecule has 1 amide bonds. The molecule has 1 saturated carbocycles. The monoisotopic (exact) mass is 262 g/mol. The number of nitrogens with two attached hydrogens (primary N) is 1. The Kier molecular flexibility index (Phi) is 3.97. The minimum Gasteiger partial charge on any atom is -0.389 e. The minimum absolute atomic E-state index is 0.0242. The summed E-state index contributed by atoms with van der Waals surface area (Å²) in [6.45, 7) is 2.07. The lowest BCUT2D eigenvalue weighted by Crippen LogP contribution is -2.40. The van der Waals surface area contributed by atoms with Gasteiger partial charge in [0.1, 0.15) is 4.99 Å². The van der Waals surface area contributed by atoms with Crippen LogP contribution in [0, 0.1) is 5.92 Å². The molecule has 96 valence electrons. The van der Waals surface area contributed by atoms with E-state index < -0.39 is 0 Å². The molecule has 3 N–H and O–H groups in total. The van der Waals surface area contributed by atoms with Crippen LogP contribution in [0.3, 0.4) is 0 Å². The fraction of sp³-hybridized carbons (Fsp3) is 0.429. The van der Waals surface area contributed by atoms with Gasteiger partial charge >= 0.3 is 0 Å². The number of carbonyl (C=O) groups is 1. The molecule has 0 spiro atoms. The van der Waals surface area contributed by atoms with Crippen molar-refractivity contribution in [3.8, 4) is 0 Å². The van der Waals surface area contributed by atoms with E-state index in [1.54, 1.807) is 24.3 Å². The summed E-state index contributed by atoms with van der Waals surface area (Å²) in [5.74, 6) is 0.619. The Hall–Kier alpha value is -1.42. The molecule has 1 aromatic rings. The summed E-state index contributed by atoms with van der Waals surface area (Å²) >= 11 is 4.88. The van der Waals surface area contributed by atoms with Crippen LogP contribution < -0.4 is 11.1 Å². The lowest BCUT2D eigenvalue weighted by atomic mass is 9.80. The molecule has 1 unspecified atom stereocenters. The average molecular weight is 262 g/mol. The molecule has 1 fully saturated rings. The van der Waals surface area contributed by atoms with E-state index >= 15 is 0 Å². The Morgan fingerprint density at radius 3 is 2.33 bits per heavy atom. The van der Waals surface area contributed by atoms with Crippen molar-refractivity contribution in [2.45, 2.75) is 32.2 Å². The summed E-state index contributed by atoms with van der Waals surface area (Å²) in [7, 11) is 0. The van der Waals surface area contributed by atoms with E-state index in [0.717, 1.165) is 5.56 Å². The van der Waals surface area contributed by atoms with E-state index in [1.807, 2.05) is 0 Å². The van der Waals surface area contributed by atoms with Gasteiger partial charge in [-0.3, -0.25) is 4.79 Å². The zero-order chi connectivity index (χ0) is 13.1. The Morgan fingerprint density at radius 1 is 1.33 bits per heavy atom. The highest BCUT2D eigenvalue weighted by Crippen LogP contribution is 2.29. The molecule has 0 radical (unpaired) electrons. The van der Waals surface area contributed by atoms with Gasteiger partial charge in [-0.2, -0.15) is 0 Å². The van der Waals surface area contributed by atoms with Gasteiger partial charge in [0.15, 0.2) is 0 Å². The molecular weight excluding hydrogens is 244 g/mol. The summed E-state index contributed by atoms with van der Waals surface area (Å²) in [6, 6.07) is 7.34. The smallest absolute Gasteiger partial charge is 0.251 e. The van der Waals surface area contributed by atoms with Crippen LogP contribution in [0.2, 0.25) is 0 Å². The lowest BCUT2D eigenvalue weighted by Gasteiger charge is -2.31. The topological polar surface area (TPSA) is 55.1 Å². The first-order chi connectivity index (χ1) is 8.58. The first-order valence-electron chi connectivity index (χ1n) is 6.28. The van der Waals surface area contributed by atoms with Crippen LogP contribution in [0.15, 0.2) is 24.3 Å². The maximum Gasteiger partial charge on any atom is 0.251 e. The van der Waals surface area contributed by atoms with Crippen LogP contribution in [-0.4, -0.2) is 16.9 Å². The van der Waals surface area contributed by atoms with Crippen molar-refractivity contribution < 1.29 is 4.79 Å².